The Kier molecular flexibility index (Phi) is 5.17. The lowest BCUT2D eigenvalue weighted by Crippen LogP contribution is -2.27. The number of H-pyrrole nitrogens is 1. The van der Waals surface area contributed by atoms with Crippen LogP contribution < -0.4 is 10.5 Å². The Morgan fingerprint density at radius 2 is 1.91 bits per heavy atom. The zero-order chi connectivity index (χ0) is 17.0. The van der Waals surface area contributed by atoms with E-state index in [1.165, 1.54) is 12.1 Å². The Labute approximate surface area is 135 Å². The van der Waals surface area contributed by atoms with Gasteiger partial charge < -0.3 is 5.32 Å². The van der Waals surface area contributed by atoms with Crippen LogP contribution in [0.3, 0.4) is 0 Å². The summed E-state index contributed by atoms with van der Waals surface area (Å²) in [6.45, 7) is 4.22. The van der Waals surface area contributed by atoms with Gasteiger partial charge in [0.1, 0.15) is 0 Å². The van der Waals surface area contributed by atoms with Crippen molar-refractivity contribution in [1.82, 2.24) is 15.5 Å². The van der Waals surface area contributed by atoms with Gasteiger partial charge in [-0.3, -0.25) is 9.89 Å². The van der Waals surface area contributed by atoms with Crippen molar-refractivity contribution in [2.75, 3.05) is 6.54 Å². The van der Waals surface area contributed by atoms with Crippen molar-refractivity contribution in [2.24, 2.45) is 5.14 Å². The van der Waals surface area contributed by atoms with Gasteiger partial charge in [0.25, 0.3) is 0 Å². The number of rotatable bonds is 6. The van der Waals surface area contributed by atoms with Gasteiger partial charge in [0, 0.05) is 17.8 Å². The van der Waals surface area contributed by atoms with Crippen LogP contribution >= 0.6 is 0 Å². The fraction of sp³-hybridized carbons (Fsp3) is 0.333. The molecule has 2 rings (SSSR count). The van der Waals surface area contributed by atoms with Crippen LogP contribution in [0, 0.1) is 13.8 Å². The number of carbonyl (C=O) groups is 1. The smallest absolute Gasteiger partial charge is 0.238 e. The molecule has 0 saturated heterocycles. The summed E-state index contributed by atoms with van der Waals surface area (Å²) in [5, 5.41) is 14.8. The van der Waals surface area contributed by atoms with E-state index in [0.29, 0.717) is 19.4 Å². The van der Waals surface area contributed by atoms with Crippen molar-refractivity contribution < 1.29 is 13.2 Å². The first-order valence-electron chi connectivity index (χ1n) is 7.16. The van der Waals surface area contributed by atoms with Crippen molar-refractivity contribution in [3.05, 3.63) is 46.8 Å². The van der Waals surface area contributed by atoms with E-state index in [0.717, 1.165) is 22.5 Å². The SMILES string of the molecule is Cc1n[nH]c(C)c1CC(=O)NCCc1ccc(S(N)(=O)=O)cc1. The number of aromatic nitrogens is 2. The molecular formula is C15H20N4O3S. The van der Waals surface area contributed by atoms with Gasteiger partial charge in [0.15, 0.2) is 0 Å². The second-order valence-corrected chi connectivity index (χ2v) is 6.94. The molecule has 0 fully saturated rings. The molecule has 0 aliphatic rings. The molecule has 0 radical (unpaired) electrons. The maximum atomic E-state index is 11.9. The highest BCUT2D eigenvalue weighted by Gasteiger charge is 2.11. The molecule has 7 nitrogen and oxygen atoms in total. The number of hydrogen-bond acceptors (Lipinski definition) is 4. The summed E-state index contributed by atoms with van der Waals surface area (Å²) in [6, 6.07) is 6.31. The lowest BCUT2D eigenvalue weighted by Gasteiger charge is -2.06. The minimum absolute atomic E-state index is 0.0706. The van der Waals surface area contributed by atoms with Crippen LogP contribution in [0.1, 0.15) is 22.5 Å². The molecule has 0 unspecified atom stereocenters. The maximum Gasteiger partial charge on any atom is 0.238 e. The van der Waals surface area contributed by atoms with Crippen molar-refractivity contribution >= 4 is 15.9 Å². The zero-order valence-electron chi connectivity index (χ0n) is 13.1. The Hall–Kier alpha value is -2.19. The van der Waals surface area contributed by atoms with Gasteiger partial charge in [-0.15, -0.1) is 0 Å². The van der Waals surface area contributed by atoms with E-state index >= 15 is 0 Å². The van der Waals surface area contributed by atoms with E-state index in [2.05, 4.69) is 15.5 Å². The number of sulfonamides is 1. The van der Waals surface area contributed by atoms with E-state index in [4.69, 9.17) is 5.14 Å². The molecule has 124 valence electrons. The first-order valence-corrected chi connectivity index (χ1v) is 8.71. The minimum atomic E-state index is -3.67. The van der Waals surface area contributed by atoms with Crippen LogP contribution in [0.4, 0.5) is 0 Å². The molecule has 0 aliphatic heterocycles. The van der Waals surface area contributed by atoms with E-state index in [-0.39, 0.29) is 10.8 Å². The molecule has 1 amide bonds. The minimum Gasteiger partial charge on any atom is -0.355 e. The highest BCUT2D eigenvalue weighted by molar-refractivity contribution is 7.89. The van der Waals surface area contributed by atoms with Gasteiger partial charge >= 0.3 is 0 Å². The Morgan fingerprint density at radius 1 is 1.26 bits per heavy atom. The summed E-state index contributed by atoms with van der Waals surface area (Å²) in [5.74, 6) is -0.0706. The molecule has 1 aromatic carbocycles. The number of primary sulfonamides is 1. The van der Waals surface area contributed by atoms with Crippen LogP contribution in [-0.4, -0.2) is 31.1 Å². The van der Waals surface area contributed by atoms with Crippen LogP contribution in [0.25, 0.3) is 0 Å². The van der Waals surface area contributed by atoms with Crippen LogP contribution in [-0.2, 0) is 27.7 Å². The van der Waals surface area contributed by atoms with Gasteiger partial charge in [0.05, 0.1) is 17.0 Å². The number of carbonyl (C=O) groups excluding carboxylic acids is 1. The van der Waals surface area contributed by atoms with Crippen LogP contribution in [0.5, 0.6) is 0 Å². The standard InChI is InChI=1S/C15H20N4O3S/c1-10-14(11(2)19-18-10)9-15(20)17-8-7-12-3-5-13(6-4-12)23(16,21)22/h3-6H,7-9H2,1-2H3,(H,17,20)(H,18,19)(H2,16,21,22). The van der Waals surface area contributed by atoms with Crippen molar-refractivity contribution in [3.63, 3.8) is 0 Å². The number of hydrogen-bond donors (Lipinski definition) is 3. The Bertz CT molecular complexity index is 775. The predicted molar refractivity (Wildman–Crippen MR) is 86.3 cm³/mol. The van der Waals surface area contributed by atoms with Gasteiger partial charge in [-0.25, -0.2) is 13.6 Å². The number of aryl methyl sites for hydroxylation is 2. The molecule has 4 N–H and O–H groups in total. The third kappa shape index (κ3) is 4.64. The summed E-state index contributed by atoms with van der Waals surface area (Å²) in [5.41, 5.74) is 3.57. The average molecular weight is 336 g/mol. The summed E-state index contributed by atoms with van der Waals surface area (Å²) < 4.78 is 22.3. The molecule has 1 heterocycles. The van der Waals surface area contributed by atoms with E-state index in [1.54, 1.807) is 12.1 Å². The largest absolute Gasteiger partial charge is 0.355 e. The fourth-order valence-electron chi connectivity index (χ4n) is 2.25. The first-order chi connectivity index (χ1) is 10.8. The van der Waals surface area contributed by atoms with Crippen molar-refractivity contribution in [1.29, 1.82) is 0 Å². The first kappa shape index (κ1) is 17.2. The average Bonchev–Trinajstić information content (AvgIpc) is 2.79. The molecule has 0 spiro atoms. The van der Waals surface area contributed by atoms with Gasteiger partial charge in [-0.05, 0) is 38.0 Å². The van der Waals surface area contributed by atoms with E-state index in [1.807, 2.05) is 13.8 Å². The third-order valence-electron chi connectivity index (χ3n) is 3.61. The number of nitrogens with one attached hydrogen (secondary N) is 2. The van der Waals surface area contributed by atoms with Gasteiger partial charge in [0.2, 0.25) is 15.9 Å². The lowest BCUT2D eigenvalue weighted by atomic mass is 10.1. The van der Waals surface area contributed by atoms with Crippen molar-refractivity contribution in [2.45, 2.75) is 31.6 Å². The Morgan fingerprint density at radius 3 is 2.43 bits per heavy atom. The summed E-state index contributed by atoms with van der Waals surface area (Å²) in [6.07, 6.45) is 0.901. The number of nitrogens with zero attached hydrogens (tertiary/aromatic N) is 1. The third-order valence-corrected chi connectivity index (χ3v) is 4.54. The highest BCUT2D eigenvalue weighted by atomic mass is 32.2. The highest BCUT2D eigenvalue weighted by Crippen LogP contribution is 2.10. The van der Waals surface area contributed by atoms with Gasteiger partial charge in [-0.1, -0.05) is 12.1 Å². The molecule has 0 saturated carbocycles. The molecule has 1 aromatic heterocycles. The second-order valence-electron chi connectivity index (χ2n) is 5.38. The number of aromatic amines is 1. The monoisotopic (exact) mass is 336 g/mol. The lowest BCUT2D eigenvalue weighted by molar-refractivity contribution is -0.120. The van der Waals surface area contributed by atoms with E-state index < -0.39 is 10.0 Å². The topological polar surface area (TPSA) is 118 Å². The molecular weight excluding hydrogens is 316 g/mol. The molecule has 0 aliphatic carbocycles. The number of nitrogens with two attached hydrogens (primary N) is 1. The Balaban J connectivity index is 1.84. The van der Waals surface area contributed by atoms with Crippen LogP contribution in [0.2, 0.25) is 0 Å². The number of amides is 1. The van der Waals surface area contributed by atoms with Crippen molar-refractivity contribution in [3.8, 4) is 0 Å². The molecule has 8 heteroatoms. The predicted octanol–water partition coefficient (Wildman–Crippen LogP) is 0.575. The molecule has 23 heavy (non-hydrogen) atoms. The molecule has 2 aromatic rings. The van der Waals surface area contributed by atoms with Crippen LogP contribution in [0.15, 0.2) is 29.2 Å². The fourth-order valence-corrected chi connectivity index (χ4v) is 2.77. The zero-order valence-corrected chi connectivity index (χ0v) is 13.9. The van der Waals surface area contributed by atoms with Gasteiger partial charge in [-0.2, -0.15) is 5.10 Å². The normalized spacial score (nSPS) is 11.4. The van der Waals surface area contributed by atoms with E-state index in [9.17, 15) is 13.2 Å². The molecule has 0 bridgehead atoms. The number of benzene rings is 1. The summed E-state index contributed by atoms with van der Waals surface area (Å²) in [4.78, 5) is 12.0. The summed E-state index contributed by atoms with van der Waals surface area (Å²) in [7, 11) is -3.67. The summed E-state index contributed by atoms with van der Waals surface area (Å²) >= 11 is 0. The quantitative estimate of drug-likeness (QED) is 0.715. The maximum absolute atomic E-state index is 11.9. The molecule has 0 atom stereocenters. The second kappa shape index (κ2) is 6.93.